The van der Waals surface area contributed by atoms with Gasteiger partial charge in [0.2, 0.25) is 0 Å². The second-order valence-corrected chi connectivity index (χ2v) is 8.33. The molecule has 158 valence electrons. The van der Waals surface area contributed by atoms with Gasteiger partial charge >= 0.3 is 0 Å². The van der Waals surface area contributed by atoms with Gasteiger partial charge in [0.05, 0.1) is 10.2 Å². The molecule has 0 aliphatic carbocycles. The molecule has 1 amide bonds. The third-order valence-corrected chi connectivity index (χ3v) is 6.05. The normalized spacial score (nSPS) is 12.4. The van der Waals surface area contributed by atoms with Crippen LogP contribution in [-0.4, -0.2) is 17.0 Å². The van der Waals surface area contributed by atoms with Crippen molar-refractivity contribution in [3.05, 3.63) is 84.8 Å². The Morgan fingerprint density at radius 1 is 1.13 bits per heavy atom. The van der Waals surface area contributed by atoms with Crippen molar-refractivity contribution in [2.75, 3.05) is 6.54 Å². The van der Waals surface area contributed by atoms with Gasteiger partial charge in [-0.3, -0.25) is 14.2 Å². The van der Waals surface area contributed by atoms with Crippen molar-refractivity contribution in [3.63, 3.8) is 0 Å². The van der Waals surface area contributed by atoms with Gasteiger partial charge in [0.15, 0.2) is 5.57 Å². The van der Waals surface area contributed by atoms with Crippen LogP contribution in [0.4, 0.5) is 0 Å². The van der Waals surface area contributed by atoms with Crippen molar-refractivity contribution in [3.8, 4) is 11.8 Å². The third kappa shape index (κ3) is 4.84. The van der Waals surface area contributed by atoms with Gasteiger partial charge < -0.3 is 5.32 Å². The smallest absolute Gasteiger partial charge is 0.273 e. The maximum Gasteiger partial charge on any atom is 0.273 e. The van der Waals surface area contributed by atoms with Crippen molar-refractivity contribution in [1.82, 2.24) is 9.88 Å². The first kappa shape index (κ1) is 22.3. The quantitative estimate of drug-likeness (QED) is 0.610. The molecule has 0 fully saturated rings. The summed E-state index contributed by atoms with van der Waals surface area (Å²) < 4.78 is 2.33. The number of hydrogen-bond donors (Lipinski definition) is 1. The van der Waals surface area contributed by atoms with Gasteiger partial charge in [0.25, 0.3) is 11.5 Å². The summed E-state index contributed by atoms with van der Waals surface area (Å²) in [6, 6.07) is 17.3. The average Bonchev–Trinajstić information content (AvgIpc) is 3.05. The Labute approximate surface area is 185 Å². The Bertz CT molecular complexity index is 1290. The van der Waals surface area contributed by atoms with Crippen molar-refractivity contribution < 1.29 is 4.79 Å². The fourth-order valence-electron chi connectivity index (χ4n) is 3.37. The highest BCUT2D eigenvalue weighted by molar-refractivity contribution is 7.07. The van der Waals surface area contributed by atoms with Crippen LogP contribution < -0.4 is 20.1 Å². The number of aromatic nitrogens is 1. The summed E-state index contributed by atoms with van der Waals surface area (Å²) in [5.41, 5.74) is 3.10. The second-order valence-electron chi connectivity index (χ2n) is 7.30. The number of amides is 1. The zero-order valence-electron chi connectivity index (χ0n) is 17.9. The summed E-state index contributed by atoms with van der Waals surface area (Å²) >= 11 is 1.17. The lowest BCUT2D eigenvalue weighted by molar-refractivity contribution is -0.115. The fraction of sp³-hybridized carbons (Fsp3) is 0.240. The molecule has 0 unspecified atom stereocenters. The Kier molecular flexibility index (Phi) is 7.22. The number of carbonyl (C=O) groups is 1. The van der Waals surface area contributed by atoms with E-state index in [0.29, 0.717) is 21.4 Å². The molecule has 5 nitrogen and oxygen atoms in total. The predicted molar refractivity (Wildman–Crippen MR) is 126 cm³/mol. The molecule has 0 aliphatic heterocycles. The van der Waals surface area contributed by atoms with Gasteiger partial charge in [-0.05, 0) is 43.0 Å². The molecule has 1 heterocycles. The lowest BCUT2D eigenvalue weighted by Gasteiger charge is -2.11. The average molecular weight is 432 g/mol. The molecule has 0 radical (unpaired) electrons. The van der Waals surface area contributed by atoms with Crippen LogP contribution in [0.5, 0.6) is 0 Å². The molecule has 0 atom stereocenters. The molecule has 31 heavy (non-hydrogen) atoms. The topological polar surface area (TPSA) is 74.9 Å². The summed E-state index contributed by atoms with van der Waals surface area (Å²) in [6.45, 7) is 6.36. The number of rotatable bonds is 6. The van der Waals surface area contributed by atoms with Crippen LogP contribution in [0.1, 0.15) is 36.5 Å². The summed E-state index contributed by atoms with van der Waals surface area (Å²) in [4.78, 5) is 26.3. The number of unbranched alkanes of at least 4 members (excludes halogenated alkanes) is 1. The van der Waals surface area contributed by atoms with Gasteiger partial charge in [0, 0.05) is 6.54 Å². The number of benzene rings is 2. The van der Waals surface area contributed by atoms with Gasteiger partial charge in [-0.2, -0.15) is 5.26 Å². The summed E-state index contributed by atoms with van der Waals surface area (Å²) in [5, 5.41) is 12.6. The molecule has 0 spiro atoms. The van der Waals surface area contributed by atoms with E-state index >= 15 is 0 Å². The Balaban J connectivity index is 2.36. The lowest BCUT2D eigenvalue weighted by atomic mass is 10.1. The van der Waals surface area contributed by atoms with Gasteiger partial charge in [0.1, 0.15) is 10.7 Å². The number of carbonyl (C=O) groups excluding carboxylic acids is 1. The van der Waals surface area contributed by atoms with Gasteiger partial charge in [-0.1, -0.05) is 61.9 Å². The van der Waals surface area contributed by atoms with E-state index in [2.05, 4.69) is 5.32 Å². The molecule has 3 rings (SSSR count). The molecule has 6 heteroatoms. The Morgan fingerprint density at radius 2 is 1.81 bits per heavy atom. The maximum atomic E-state index is 13.5. The van der Waals surface area contributed by atoms with E-state index in [1.54, 1.807) is 6.08 Å². The summed E-state index contributed by atoms with van der Waals surface area (Å²) in [5.74, 6) is -0.455. The van der Waals surface area contributed by atoms with Crippen LogP contribution in [-0.2, 0) is 4.79 Å². The zero-order chi connectivity index (χ0) is 22.4. The Hall–Kier alpha value is -3.43. The van der Waals surface area contributed by atoms with Crippen LogP contribution in [0.25, 0.3) is 17.3 Å². The molecule has 2 aromatic carbocycles. The molecule has 0 aliphatic rings. The molecule has 0 saturated carbocycles. The van der Waals surface area contributed by atoms with Crippen molar-refractivity contribution in [1.29, 1.82) is 5.26 Å². The van der Waals surface area contributed by atoms with E-state index < -0.39 is 5.91 Å². The Morgan fingerprint density at radius 3 is 2.42 bits per heavy atom. The minimum Gasteiger partial charge on any atom is -0.351 e. The monoisotopic (exact) mass is 431 g/mol. The number of thiazole rings is 1. The van der Waals surface area contributed by atoms with E-state index in [1.165, 1.54) is 15.9 Å². The highest BCUT2D eigenvalue weighted by atomic mass is 32.1. The van der Waals surface area contributed by atoms with E-state index in [1.807, 2.05) is 75.4 Å². The van der Waals surface area contributed by atoms with Crippen molar-refractivity contribution >= 4 is 28.9 Å². The summed E-state index contributed by atoms with van der Waals surface area (Å²) in [7, 11) is 0. The lowest BCUT2D eigenvalue weighted by Crippen LogP contribution is -2.34. The third-order valence-electron chi connectivity index (χ3n) is 4.95. The highest BCUT2D eigenvalue weighted by Crippen LogP contribution is 2.16. The van der Waals surface area contributed by atoms with Gasteiger partial charge in [-0.15, -0.1) is 11.3 Å². The van der Waals surface area contributed by atoms with E-state index in [4.69, 9.17) is 0 Å². The molecule has 1 aromatic heterocycles. The highest BCUT2D eigenvalue weighted by Gasteiger charge is 2.18. The number of nitrogens with one attached hydrogen (secondary N) is 1. The van der Waals surface area contributed by atoms with Crippen LogP contribution >= 0.6 is 11.3 Å². The van der Waals surface area contributed by atoms with Crippen LogP contribution in [0.15, 0.2) is 53.3 Å². The second kappa shape index (κ2) is 10.1. The van der Waals surface area contributed by atoms with Crippen LogP contribution in [0.2, 0.25) is 0 Å². The molecule has 0 saturated heterocycles. The van der Waals surface area contributed by atoms with E-state index in [-0.39, 0.29) is 11.1 Å². The number of nitriles is 1. The molecule has 0 bridgehead atoms. The number of nitrogens with zero attached hydrogens (tertiary/aromatic N) is 2. The van der Waals surface area contributed by atoms with Crippen LogP contribution in [0, 0.1) is 25.2 Å². The summed E-state index contributed by atoms with van der Waals surface area (Å²) in [6.07, 6.45) is 3.56. The predicted octanol–water partition coefficient (Wildman–Crippen LogP) is 2.94. The standard InChI is InChI=1S/C25H25N3O2S/c1-4-5-14-27-23(29)20(16-26)25-28(22-17(2)10-9-11-18(22)3)24(30)21(31-25)15-19-12-7-6-8-13-19/h6-13,15H,4-5,14H2,1-3H3,(H,27,29)/b21-15-,25-20-. The van der Waals surface area contributed by atoms with Gasteiger partial charge in [-0.25, -0.2) is 0 Å². The SMILES string of the molecule is CCCCNC(=O)/C(C#N)=c1\s/c(=C\c2ccccc2)c(=O)n1-c1c(C)cccc1C. The first-order valence-electron chi connectivity index (χ1n) is 10.3. The van der Waals surface area contributed by atoms with Crippen molar-refractivity contribution in [2.24, 2.45) is 0 Å². The minimum atomic E-state index is -0.455. The number of para-hydroxylation sites is 1. The van der Waals surface area contributed by atoms with Crippen molar-refractivity contribution in [2.45, 2.75) is 33.6 Å². The number of hydrogen-bond acceptors (Lipinski definition) is 4. The molecular weight excluding hydrogens is 406 g/mol. The first-order chi connectivity index (χ1) is 15.0. The molecule has 3 aromatic rings. The number of aryl methyl sites for hydroxylation is 2. The van der Waals surface area contributed by atoms with Crippen LogP contribution in [0.3, 0.4) is 0 Å². The van der Waals surface area contributed by atoms with E-state index in [0.717, 1.165) is 29.5 Å². The molecule has 1 N–H and O–H groups in total. The minimum absolute atomic E-state index is 0.0476. The molecular formula is C25H25N3O2S. The fourth-order valence-corrected chi connectivity index (χ4v) is 4.46. The maximum absolute atomic E-state index is 13.5. The largest absolute Gasteiger partial charge is 0.351 e. The first-order valence-corrected chi connectivity index (χ1v) is 11.1. The zero-order valence-corrected chi connectivity index (χ0v) is 18.8. The van der Waals surface area contributed by atoms with E-state index in [9.17, 15) is 14.9 Å².